The lowest BCUT2D eigenvalue weighted by Gasteiger charge is -2.29. The van der Waals surface area contributed by atoms with Crippen LogP contribution in [0.5, 0.6) is 0 Å². The van der Waals surface area contributed by atoms with Crippen LogP contribution in [0.3, 0.4) is 0 Å². The molecule has 0 heterocycles. The van der Waals surface area contributed by atoms with Crippen LogP contribution in [-0.2, 0) is 0 Å². The molecule has 2 atom stereocenters. The second kappa shape index (κ2) is 5.65. The molecule has 0 amide bonds. The number of aliphatic hydroxyl groups is 1. The van der Waals surface area contributed by atoms with Crippen LogP contribution in [0.4, 0.5) is 22.0 Å². The highest BCUT2D eigenvalue weighted by atomic mass is 19.2. The molecule has 7 heteroatoms. The maximum absolute atomic E-state index is 13.5. The molecule has 0 bridgehead atoms. The van der Waals surface area contributed by atoms with Gasteiger partial charge in [-0.3, -0.25) is 0 Å². The molecular formula is C13H16F5NO. The van der Waals surface area contributed by atoms with Gasteiger partial charge in [0.1, 0.15) is 0 Å². The van der Waals surface area contributed by atoms with E-state index >= 15 is 0 Å². The zero-order chi connectivity index (χ0) is 15.8. The molecule has 0 aliphatic rings. The Labute approximate surface area is 113 Å². The highest BCUT2D eigenvalue weighted by Gasteiger charge is 2.32. The number of hydrogen-bond acceptors (Lipinski definition) is 2. The maximum atomic E-state index is 13.5. The first kappa shape index (κ1) is 16.8. The molecule has 0 aliphatic carbocycles. The summed E-state index contributed by atoms with van der Waals surface area (Å²) in [7, 11) is 0. The average molecular weight is 297 g/mol. The largest absolute Gasteiger partial charge is 0.388 e. The molecule has 20 heavy (non-hydrogen) atoms. The van der Waals surface area contributed by atoms with Crippen LogP contribution in [0.1, 0.15) is 38.9 Å². The quantitative estimate of drug-likeness (QED) is 0.511. The molecule has 0 saturated heterocycles. The van der Waals surface area contributed by atoms with Gasteiger partial charge >= 0.3 is 0 Å². The van der Waals surface area contributed by atoms with Gasteiger partial charge < -0.3 is 10.8 Å². The Morgan fingerprint density at radius 1 is 0.900 bits per heavy atom. The van der Waals surface area contributed by atoms with E-state index in [1.54, 1.807) is 20.8 Å². The van der Waals surface area contributed by atoms with Crippen molar-refractivity contribution >= 4 is 0 Å². The van der Waals surface area contributed by atoms with Gasteiger partial charge in [0, 0.05) is 6.04 Å². The van der Waals surface area contributed by atoms with Crippen molar-refractivity contribution < 1.29 is 27.1 Å². The fourth-order valence-electron chi connectivity index (χ4n) is 1.63. The fraction of sp³-hybridized carbons (Fsp3) is 0.538. The van der Waals surface area contributed by atoms with Gasteiger partial charge in [0.05, 0.1) is 11.7 Å². The number of rotatable bonds is 3. The van der Waals surface area contributed by atoms with E-state index in [0.717, 1.165) is 0 Å². The SMILES string of the molecule is CC(C)(C)[C@@H](N)C[C@@H](O)c1c(F)c(F)c(F)c(F)c1F. The standard InChI is InChI=1S/C13H16F5NO/c1-13(2,3)6(19)4-5(20)7-8(14)10(16)12(18)11(17)9(7)15/h5-6,20H,4,19H2,1-3H3/t5-,6+/m1/s1. The van der Waals surface area contributed by atoms with Gasteiger partial charge in [-0.15, -0.1) is 0 Å². The molecular weight excluding hydrogens is 281 g/mol. The summed E-state index contributed by atoms with van der Waals surface area (Å²) in [4.78, 5) is 0. The molecule has 0 spiro atoms. The Morgan fingerprint density at radius 2 is 1.25 bits per heavy atom. The summed E-state index contributed by atoms with van der Waals surface area (Å²) >= 11 is 0. The van der Waals surface area contributed by atoms with Gasteiger partial charge in [0.25, 0.3) is 0 Å². The summed E-state index contributed by atoms with van der Waals surface area (Å²) in [5, 5.41) is 9.74. The molecule has 0 radical (unpaired) electrons. The molecule has 0 aromatic heterocycles. The summed E-state index contributed by atoms with van der Waals surface area (Å²) in [5.41, 5.74) is 3.98. The van der Waals surface area contributed by atoms with Crippen molar-refractivity contribution in [3.05, 3.63) is 34.6 Å². The third-order valence-electron chi connectivity index (χ3n) is 3.17. The Balaban J connectivity index is 3.21. The minimum atomic E-state index is -2.25. The van der Waals surface area contributed by atoms with Crippen molar-refractivity contribution in [1.82, 2.24) is 0 Å². The normalized spacial score (nSPS) is 15.3. The van der Waals surface area contributed by atoms with Crippen molar-refractivity contribution in [2.75, 3.05) is 0 Å². The first-order chi connectivity index (χ1) is 8.98. The first-order valence-corrected chi connectivity index (χ1v) is 5.93. The second-order valence-electron chi connectivity index (χ2n) is 5.71. The van der Waals surface area contributed by atoms with Gasteiger partial charge in [-0.05, 0) is 11.8 Å². The number of halogens is 5. The Morgan fingerprint density at radius 3 is 1.60 bits per heavy atom. The number of benzene rings is 1. The zero-order valence-electron chi connectivity index (χ0n) is 11.3. The van der Waals surface area contributed by atoms with Crippen LogP contribution in [-0.4, -0.2) is 11.1 Å². The predicted molar refractivity (Wildman–Crippen MR) is 63.2 cm³/mol. The zero-order valence-corrected chi connectivity index (χ0v) is 11.3. The predicted octanol–water partition coefficient (Wildman–Crippen LogP) is 3.18. The van der Waals surface area contributed by atoms with Gasteiger partial charge in [-0.2, -0.15) is 0 Å². The van der Waals surface area contributed by atoms with Crippen LogP contribution < -0.4 is 5.73 Å². The summed E-state index contributed by atoms with van der Waals surface area (Å²) in [6, 6.07) is -0.688. The van der Waals surface area contributed by atoms with E-state index in [1.165, 1.54) is 0 Å². The van der Waals surface area contributed by atoms with Crippen LogP contribution in [0.25, 0.3) is 0 Å². The minimum absolute atomic E-state index is 0.331. The molecule has 0 unspecified atom stereocenters. The molecule has 2 nitrogen and oxygen atoms in total. The molecule has 3 N–H and O–H groups in total. The summed E-state index contributed by atoms with van der Waals surface area (Å²) in [6.07, 6.45) is -2.21. The van der Waals surface area contributed by atoms with Crippen molar-refractivity contribution in [2.24, 2.45) is 11.1 Å². The topological polar surface area (TPSA) is 46.2 Å². The first-order valence-electron chi connectivity index (χ1n) is 5.93. The minimum Gasteiger partial charge on any atom is -0.388 e. The van der Waals surface area contributed by atoms with E-state index in [1.807, 2.05) is 0 Å². The number of aliphatic hydroxyl groups excluding tert-OH is 1. The molecule has 1 rings (SSSR count). The monoisotopic (exact) mass is 297 g/mol. The van der Waals surface area contributed by atoms with E-state index in [9.17, 15) is 27.1 Å². The van der Waals surface area contributed by atoms with Gasteiger partial charge in [-0.1, -0.05) is 20.8 Å². The molecule has 0 fully saturated rings. The smallest absolute Gasteiger partial charge is 0.200 e. The van der Waals surface area contributed by atoms with Crippen LogP contribution >= 0.6 is 0 Å². The molecule has 1 aromatic rings. The van der Waals surface area contributed by atoms with E-state index in [-0.39, 0.29) is 6.42 Å². The third-order valence-corrected chi connectivity index (χ3v) is 3.17. The fourth-order valence-corrected chi connectivity index (χ4v) is 1.63. The van der Waals surface area contributed by atoms with E-state index in [0.29, 0.717) is 0 Å². The number of hydrogen-bond donors (Lipinski definition) is 2. The van der Waals surface area contributed by atoms with Gasteiger partial charge in [0.15, 0.2) is 23.3 Å². The third kappa shape index (κ3) is 3.09. The number of nitrogens with two attached hydrogens (primary N) is 1. The molecule has 0 aliphatic heterocycles. The Hall–Kier alpha value is -1.21. The van der Waals surface area contributed by atoms with Crippen LogP contribution in [0, 0.1) is 34.5 Å². The van der Waals surface area contributed by atoms with E-state index in [2.05, 4.69) is 0 Å². The second-order valence-corrected chi connectivity index (χ2v) is 5.71. The lowest BCUT2D eigenvalue weighted by Crippen LogP contribution is -2.36. The van der Waals surface area contributed by atoms with Crippen molar-refractivity contribution in [3.8, 4) is 0 Å². The van der Waals surface area contributed by atoms with E-state index in [4.69, 9.17) is 5.73 Å². The summed E-state index contributed by atoms with van der Waals surface area (Å²) in [5.74, 6) is -10.5. The van der Waals surface area contributed by atoms with Gasteiger partial charge in [-0.25, -0.2) is 22.0 Å². The molecule has 114 valence electrons. The van der Waals surface area contributed by atoms with Crippen molar-refractivity contribution in [1.29, 1.82) is 0 Å². The van der Waals surface area contributed by atoms with Crippen LogP contribution in [0.15, 0.2) is 0 Å². The average Bonchev–Trinajstić information content (AvgIpc) is 2.33. The highest BCUT2D eigenvalue weighted by molar-refractivity contribution is 5.26. The lowest BCUT2D eigenvalue weighted by molar-refractivity contribution is 0.123. The molecule has 0 saturated carbocycles. The van der Waals surface area contributed by atoms with Crippen molar-refractivity contribution in [2.45, 2.75) is 39.3 Å². The highest BCUT2D eigenvalue weighted by Crippen LogP contribution is 2.32. The lowest BCUT2D eigenvalue weighted by atomic mass is 9.83. The van der Waals surface area contributed by atoms with Crippen LogP contribution in [0.2, 0.25) is 0 Å². The van der Waals surface area contributed by atoms with E-state index < -0.39 is 52.2 Å². The maximum Gasteiger partial charge on any atom is 0.200 e. The Bertz CT molecular complexity index is 483. The van der Waals surface area contributed by atoms with Gasteiger partial charge in [0.2, 0.25) is 5.82 Å². The molecule has 1 aromatic carbocycles. The Kier molecular flexibility index (Phi) is 4.76. The summed E-state index contributed by atoms with van der Waals surface area (Å²) < 4.78 is 65.9. The summed E-state index contributed by atoms with van der Waals surface area (Å²) in [6.45, 7) is 5.18. The van der Waals surface area contributed by atoms with Crippen molar-refractivity contribution in [3.63, 3.8) is 0 Å².